The molecule has 0 fully saturated rings. The Labute approximate surface area is 167 Å². The second-order valence-electron chi connectivity index (χ2n) is 5.20. The van der Waals surface area contributed by atoms with Crippen LogP contribution < -0.4 is 32.8 Å². The van der Waals surface area contributed by atoms with Gasteiger partial charge in [-0.2, -0.15) is 0 Å². The molecule has 3 aromatic rings. The first-order valence-electron chi connectivity index (χ1n) is 6.99. The second-order valence-corrected chi connectivity index (χ2v) is 8.30. The van der Waals surface area contributed by atoms with E-state index in [-0.39, 0.29) is 35.5 Å². The third-order valence-electron chi connectivity index (χ3n) is 3.75. The van der Waals surface area contributed by atoms with Gasteiger partial charge in [0.2, 0.25) is 0 Å². The number of rotatable bonds is 3. The predicted molar refractivity (Wildman–Crippen MR) is 89.6 cm³/mol. The maximum Gasteiger partial charge on any atom is 2.00 e. The van der Waals surface area contributed by atoms with E-state index in [2.05, 4.69) is 0 Å². The Morgan fingerprint density at radius 1 is 0.520 bits per heavy atom. The Kier molecular flexibility index (Phi) is 7.70. The van der Waals surface area contributed by atoms with Crippen LogP contribution >= 0.6 is 0 Å². The van der Waals surface area contributed by atoms with Crippen LogP contribution in [0.15, 0.2) is 72.8 Å². The standard InChI is InChI=1S/C18H12F3OSi.ClH.Mg/c19-13-1-7-16(8-2-13)23(22,17-9-3-14(20)4-10-17)18-11-5-15(21)6-12-18;;/h1-12H;1H;/q-1;;+2/p-1. The Hall–Kier alpha value is -1.32. The maximum atomic E-state index is 13.8. The number of hydrogen-bond acceptors (Lipinski definition) is 1. The van der Waals surface area contributed by atoms with Gasteiger partial charge < -0.3 is 17.2 Å². The summed E-state index contributed by atoms with van der Waals surface area (Å²) >= 11 is 0. The van der Waals surface area contributed by atoms with Crippen LogP contribution in [0.2, 0.25) is 0 Å². The summed E-state index contributed by atoms with van der Waals surface area (Å²) in [6.07, 6.45) is 0. The first-order valence-corrected chi connectivity index (χ1v) is 8.89. The van der Waals surface area contributed by atoms with E-state index < -0.39 is 25.8 Å². The van der Waals surface area contributed by atoms with Crippen LogP contribution in [0.25, 0.3) is 0 Å². The molecule has 0 spiro atoms. The van der Waals surface area contributed by atoms with E-state index >= 15 is 0 Å². The zero-order chi connectivity index (χ0) is 16.4. The Morgan fingerprint density at radius 3 is 0.920 bits per heavy atom. The SMILES string of the molecule is [Cl-].[Mg+2].[O-][Si](c1ccc(F)cc1)(c1ccc(F)cc1)c1ccc(F)cc1. The summed E-state index contributed by atoms with van der Waals surface area (Å²) < 4.78 is 39.6. The molecule has 0 aliphatic rings. The molecule has 0 amide bonds. The van der Waals surface area contributed by atoms with Gasteiger partial charge in [-0.25, -0.2) is 13.2 Å². The zero-order valence-corrected chi connectivity index (χ0v) is 16.2. The molecule has 0 atom stereocenters. The fourth-order valence-electron chi connectivity index (χ4n) is 2.55. The predicted octanol–water partition coefficient (Wildman–Crippen LogP) is -1.95. The molecule has 0 saturated heterocycles. The van der Waals surface area contributed by atoms with Gasteiger partial charge in [-0.1, -0.05) is 52.0 Å². The molecule has 0 N–H and O–H groups in total. The molecule has 0 saturated carbocycles. The molecule has 3 rings (SSSR count). The van der Waals surface area contributed by atoms with Crippen LogP contribution in [0.4, 0.5) is 13.2 Å². The smallest absolute Gasteiger partial charge is 1.00 e. The van der Waals surface area contributed by atoms with Crippen molar-refractivity contribution in [3.8, 4) is 0 Å². The minimum atomic E-state index is -3.70. The summed E-state index contributed by atoms with van der Waals surface area (Å²) in [5.74, 6) is -1.32. The quantitative estimate of drug-likeness (QED) is 0.378. The Morgan fingerprint density at radius 2 is 0.720 bits per heavy atom. The summed E-state index contributed by atoms with van der Waals surface area (Å²) in [5.41, 5.74) is 0. The van der Waals surface area contributed by atoms with Crippen LogP contribution in [0, 0.1) is 17.5 Å². The average molecular weight is 389 g/mol. The largest absolute Gasteiger partial charge is 2.00 e. The van der Waals surface area contributed by atoms with E-state index in [1.807, 2.05) is 0 Å². The fourth-order valence-corrected chi connectivity index (χ4v) is 5.46. The normalized spacial score (nSPS) is 10.6. The Balaban J connectivity index is 0.00000156. The molecule has 1 nitrogen and oxygen atoms in total. The van der Waals surface area contributed by atoms with Gasteiger partial charge in [0, 0.05) is 0 Å². The van der Waals surface area contributed by atoms with Crippen molar-refractivity contribution in [1.29, 1.82) is 0 Å². The van der Waals surface area contributed by atoms with Crippen molar-refractivity contribution in [2.24, 2.45) is 0 Å². The number of hydrogen-bond donors (Lipinski definition) is 0. The number of benzene rings is 3. The maximum absolute atomic E-state index is 13.8. The summed E-state index contributed by atoms with van der Waals surface area (Å²) in [6.45, 7) is 0. The molecule has 0 aliphatic carbocycles. The number of halogens is 4. The topological polar surface area (TPSA) is 23.1 Å². The van der Waals surface area contributed by atoms with Crippen LogP contribution in [0.5, 0.6) is 0 Å². The van der Waals surface area contributed by atoms with Crippen molar-refractivity contribution in [2.45, 2.75) is 0 Å². The molecule has 0 heterocycles. The molecule has 124 valence electrons. The molecule has 0 radical (unpaired) electrons. The summed E-state index contributed by atoms with van der Waals surface area (Å²) in [6, 6.07) is 16.0. The molecule has 3 aromatic carbocycles. The minimum Gasteiger partial charge on any atom is -1.00 e. The van der Waals surface area contributed by atoms with E-state index in [4.69, 9.17) is 0 Å². The van der Waals surface area contributed by atoms with Gasteiger partial charge in [-0.3, -0.25) is 0 Å². The monoisotopic (exact) mass is 388 g/mol. The van der Waals surface area contributed by atoms with Gasteiger partial charge in [0.25, 0.3) is 0 Å². The van der Waals surface area contributed by atoms with Crippen LogP contribution in [0.1, 0.15) is 0 Å². The van der Waals surface area contributed by atoms with Crippen molar-refractivity contribution in [3.05, 3.63) is 90.2 Å². The van der Waals surface area contributed by atoms with E-state index in [0.717, 1.165) is 0 Å². The molecule has 0 bridgehead atoms. The van der Waals surface area contributed by atoms with E-state index in [1.54, 1.807) is 0 Å². The van der Waals surface area contributed by atoms with Crippen LogP contribution in [0.3, 0.4) is 0 Å². The Bertz CT molecular complexity index is 700. The summed E-state index contributed by atoms with van der Waals surface area (Å²) in [7, 11) is -3.70. The molecular formula is C18H12ClF3MgOSi. The minimum absolute atomic E-state index is 0. The molecule has 0 aliphatic heterocycles. The van der Waals surface area contributed by atoms with E-state index in [0.29, 0.717) is 15.6 Å². The van der Waals surface area contributed by atoms with Crippen molar-refractivity contribution in [2.75, 3.05) is 0 Å². The molecule has 0 unspecified atom stereocenters. The van der Waals surface area contributed by atoms with Crippen LogP contribution in [-0.2, 0) is 0 Å². The van der Waals surface area contributed by atoms with Crippen molar-refractivity contribution in [1.82, 2.24) is 0 Å². The van der Waals surface area contributed by atoms with Crippen molar-refractivity contribution in [3.63, 3.8) is 0 Å². The van der Waals surface area contributed by atoms with Crippen molar-refractivity contribution >= 4 is 46.9 Å². The van der Waals surface area contributed by atoms with Gasteiger partial charge in [-0.15, -0.1) is 0 Å². The van der Waals surface area contributed by atoms with Crippen LogP contribution in [-0.4, -0.2) is 31.4 Å². The molecular weight excluding hydrogens is 377 g/mol. The summed E-state index contributed by atoms with van der Waals surface area (Å²) in [4.78, 5) is 13.8. The average Bonchev–Trinajstić information content (AvgIpc) is 2.56. The molecule has 25 heavy (non-hydrogen) atoms. The van der Waals surface area contributed by atoms with Gasteiger partial charge >= 0.3 is 23.1 Å². The third kappa shape index (κ3) is 4.45. The molecule has 0 aromatic heterocycles. The van der Waals surface area contributed by atoms with Crippen molar-refractivity contribution < 1.29 is 30.4 Å². The van der Waals surface area contributed by atoms with Gasteiger partial charge in [0.05, 0.1) is 8.32 Å². The van der Waals surface area contributed by atoms with Gasteiger partial charge in [-0.05, 0) is 36.4 Å². The fraction of sp³-hybridized carbons (Fsp3) is 0. The van der Waals surface area contributed by atoms with Gasteiger partial charge in [0.15, 0.2) is 0 Å². The second kappa shape index (κ2) is 8.87. The summed E-state index contributed by atoms with van der Waals surface area (Å²) in [5, 5.41) is 1.28. The van der Waals surface area contributed by atoms with E-state index in [9.17, 15) is 18.0 Å². The third-order valence-corrected chi connectivity index (χ3v) is 7.19. The van der Waals surface area contributed by atoms with E-state index in [1.165, 1.54) is 72.8 Å². The first kappa shape index (κ1) is 21.7. The van der Waals surface area contributed by atoms with Gasteiger partial charge in [0.1, 0.15) is 17.5 Å². The first-order chi connectivity index (χ1) is 11.0. The zero-order valence-electron chi connectivity index (χ0n) is 13.1. The molecule has 7 heteroatoms.